The van der Waals surface area contributed by atoms with Crippen LogP contribution in [0.5, 0.6) is 0 Å². The summed E-state index contributed by atoms with van der Waals surface area (Å²) in [6.07, 6.45) is -4.39. The predicted molar refractivity (Wildman–Crippen MR) is 58.4 cm³/mol. The lowest BCUT2D eigenvalue weighted by atomic mass is 10.0. The standard InChI is InChI=1S/C12H7F4NO2/c1-5-2-3-7(13)8-9(12(14,15)16)6(11(18)19)4-17-10(5)8/h2-4H,1H3,(H,18,19). The molecule has 1 aromatic heterocycles. The molecule has 0 saturated carbocycles. The highest BCUT2D eigenvalue weighted by molar-refractivity contribution is 5.97. The van der Waals surface area contributed by atoms with Crippen molar-refractivity contribution in [2.75, 3.05) is 0 Å². The van der Waals surface area contributed by atoms with Gasteiger partial charge in [-0.1, -0.05) is 6.07 Å². The lowest BCUT2D eigenvalue weighted by molar-refractivity contribution is -0.136. The Balaban J connectivity index is 3.04. The Morgan fingerprint density at radius 1 is 1.32 bits per heavy atom. The predicted octanol–water partition coefficient (Wildman–Crippen LogP) is 3.40. The minimum absolute atomic E-state index is 0.197. The van der Waals surface area contributed by atoms with Gasteiger partial charge in [0.05, 0.1) is 16.6 Å². The van der Waals surface area contributed by atoms with Crippen molar-refractivity contribution in [1.29, 1.82) is 0 Å². The molecule has 19 heavy (non-hydrogen) atoms. The van der Waals surface area contributed by atoms with Gasteiger partial charge in [-0.05, 0) is 18.6 Å². The first-order valence-corrected chi connectivity index (χ1v) is 5.11. The number of pyridine rings is 1. The number of carboxylic acids is 1. The van der Waals surface area contributed by atoms with Gasteiger partial charge in [0.15, 0.2) is 0 Å². The van der Waals surface area contributed by atoms with Gasteiger partial charge >= 0.3 is 12.1 Å². The smallest absolute Gasteiger partial charge is 0.418 e. The molecular weight excluding hydrogens is 266 g/mol. The topological polar surface area (TPSA) is 50.2 Å². The van der Waals surface area contributed by atoms with Crippen LogP contribution in [0.4, 0.5) is 17.6 Å². The van der Waals surface area contributed by atoms with E-state index < -0.39 is 34.5 Å². The number of carboxylic acid groups (broad SMARTS) is 1. The number of aromatic carboxylic acids is 1. The molecular formula is C12H7F4NO2. The molecule has 2 rings (SSSR count). The van der Waals surface area contributed by atoms with Crippen molar-refractivity contribution in [1.82, 2.24) is 4.98 Å². The van der Waals surface area contributed by atoms with Crippen LogP contribution in [0.3, 0.4) is 0 Å². The van der Waals surface area contributed by atoms with Crippen LogP contribution >= 0.6 is 0 Å². The zero-order valence-corrected chi connectivity index (χ0v) is 9.55. The van der Waals surface area contributed by atoms with Crippen LogP contribution in [0.15, 0.2) is 18.3 Å². The molecule has 0 aliphatic heterocycles. The largest absolute Gasteiger partial charge is 0.478 e. The van der Waals surface area contributed by atoms with E-state index in [4.69, 9.17) is 5.11 Å². The zero-order chi connectivity index (χ0) is 14.4. The van der Waals surface area contributed by atoms with Crippen molar-refractivity contribution >= 4 is 16.9 Å². The van der Waals surface area contributed by atoms with Gasteiger partial charge in [0, 0.05) is 11.6 Å². The van der Waals surface area contributed by atoms with E-state index in [0.29, 0.717) is 11.8 Å². The first-order chi connectivity index (χ1) is 8.73. The summed E-state index contributed by atoms with van der Waals surface area (Å²) in [5.74, 6) is -2.95. The third-order valence-corrected chi connectivity index (χ3v) is 2.68. The van der Waals surface area contributed by atoms with E-state index in [1.165, 1.54) is 13.0 Å². The first kappa shape index (κ1) is 13.3. The number of nitrogens with zero attached hydrogens (tertiary/aromatic N) is 1. The highest BCUT2D eigenvalue weighted by atomic mass is 19.4. The Morgan fingerprint density at radius 2 is 1.95 bits per heavy atom. The van der Waals surface area contributed by atoms with Gasteiger partial charge in [0.25, 0.3) is 0 Å². The molecule has 0 saturated heterocycles. The molecule has 7 heteroatoms. The Labute approximate surface area is 104 Å². The molecule has 0 amide bonds. The highest BCUT2D eigenvalue weighted by Crippen LogP contribution is 2.38. The van der Waals surface area contributed by atoms with Crippen molar-refractivity contribution < 1.29 is 27.5 Å². The van der Waals surface area contributed by atoms with Crippen molar-refractivity contribution in [2.45, 2.75) is 13.1 Å². The van der Waals surface area contributed by atoms with Gasteiger partial charge < -0.3 is 5.11 Å². The van der Waals surface area contributed by atoms with Crippen molar-refractivity contribution in [2.24, 2.45) is 0 Å². The van der Waals surface area contributed by atoms with E-state index in [0.717, 1.165) is 6.07 Å². The second-order valence-corrected chi connectivity index (χ2v) is 3.94. The lowest BCUT2D eigenvalue weighted by Crippen LogP contribution is -2.15. The molecule has 0 unspecified atom stereocenters. The normalized spacial score (nSPS) is 11.8. The third-order valence-electron chi connectivity index (χ3n) is 2.68. The van der Waals surface area contributed by atoms with Crippen LogP contribution in [0.1, 0.15) is 21.5 Å². The maximum absolute atomic E-state index is 13.7. The van der Waals surface area contributed by atoms with Crippen LogP contribution in [0.2, 0.25) is 0 Å². The number of alkyl halides is 3. The van der Waals surface area contributed by atoms with Gasteiger partial charge in [0.1, 0.15) is 5.82 Å². The van der Waals surface area contributed by atoms with E-state index in [1.54, 1.807) is 0 Å². The maximum Gasteiger partial charge on any atom is 0.418 e. The summed E-state index contributed by atoms with van der Waals surface area (Å²) in [5.41, 5.74) is -2.44. The number of carbonyl (C=O) groups is 1. The molecule has 2 aromatic rings. The summed E-state index contributed by atoms with van der Waals surface area (Å²) in [4.78, 5) is 14.5. The number of rotatable bonds is 1. The Morgan fingerprint density at radius 3 is 2.47 bits per heavy atom. The number of hydrogen-bond acceptors (Lipinski definition) is 2. The molecule has 0 atom stereocenters. The Hall–Kier alpha value is -2.18. The van der Waals surface area contributed by atoms with Crippen LogP contribution in [0, 0.1) is 12.7 Å². The van der Waals surface area contributed by atoms with Crippen LogP contribution in [-0.4, -0.2) is 16.1 Å². The minimum Gasteiger partial charge on any atom is -0.478 e. The average molecular weight is 273 g/mol. The summed E-state index contributed by atoms with van der Waals surface area (Å²) < 4.78 is 52.6. The number of halogens is 4. The van der Waals surface area contributed by atoms with Gasteiger partial charge in [-0.25, -0.2) is 9.18 Å². The molecule has 0 fully saturated rings. The summed E-state index contributed by atoms with van der Waals surface area (Å²) >= 11 is 0. The maximum atomic E-state index is 13.7. The van der Waals surface area contributed by atoms with E-state index in [2.05, 4.69) is 4.98 Å². The molecule has 100 valence electrons. The molecule has 0 spiro atoms. The number of fused-ring (bicyclic) bond motifs is 1. The second-order valence-electron chi connectivity index (χ2n) is 3.94. The summed E-state index contributed by atoms with van der Waals surface area (Å²) in [7, 11) is 0. The van der Waals surface area contributed by atoms with E-state index in [9.17, 15) is 22.4 Å². The SMILES string of the molecule is Cc1ccc(F)c2c(C(F)(F)F)c(C(=O)O)cnc12. The number of aryl methyl sites for hydroxylation is 1. The van der Waals surface area contributed by atoms with E-state index in [-0.39, 0.29) is 5.52 Å². The molecule has 1 heterocycles. The minimum atomic E-state index is -4.98. The summed E-state index contributed by atoms with van der Waals surface area (Å²) in [6, 6.07) is 2.14. The van der Waals surface area contributed by atoms with Crippen molar-refractivity contribution in [3.05, 3.63) is 40.8 Å². The van der Waals surface area contributed by atoms with Crippen LogP contribution < -0.4 is 0 Å². The quantitative estimate of drug-likeness (QED) is 0.810. The molecule has 0 aliphatic rings. The first-order valence-electron chi connectivity index (χ1n) is 5.11. The molecule has 0 bridgehead atoms. The zero-order valence-electron chi connectivity index (χ0n) is 9.55. The van der Waals surface area contributed by atoms with Crippen LogP contribution in [0.25, 0.3) is 10.9 Å². The van der Waals surface area contributed by atoms with Gasteiger partial charge in [-0.2, -0.15) is 13.2 Å². The Kier molecular flexibility index (Phi) is 2.92. The summed E-state index contributed by atoms with van der Waals surface area (Å²) in [5, 5.41) is 7.97. The van der Waals surface area contributed by atoms with Gasteiger partial charge in [0.2, 0.25) is 0 Å². The number of benzene rings is 1. The van der Waals surface area contributed by atoms with E-state index >= 15 is 0 Å². The highest BCUT2D eigenvalue weighted by Gasteiger charge is 2.39. The fourth-order valence-electron chi connectivity index (χ4n) is 1.86. The van der Waals surface area contributed by atoms with Gasteiger partial charge in [-0.3, -0.25) is 4.98 Å². The molecule has 1 aromatic carbocycles. The lowest BCUT2D eigenvalue weighted by Gasteiger charge is -2.14. The fourth-order valence-corrected chi connectivity index (χ4v) is 1.86. The average Bonchev–Trinajstić information content (AvgIpc) is 2.31. The van der Waals surface area contributed by atoms with Crippen LogP contribution in [-0.2, 0) is 6.18 Å². The number of aromatic nitrogens is 1. The van der Waals surface area contributed by atoms with Crippen molar-refractivity contribution in [3.63, 3.8) is 0 Å². The van der Waals surface area contributed by atoms with Crippen molar-refractivity contribution in [3.8, 4) is 0 Å². The fraction of sp³-hybridized carbons (Fsp3) is 0.167. The Bertz CT molecular complexity index is 679. The summed E-state index contributed by atoms with van der Waals surface area (Å²) in [6.45, 7) is 1.47. The number of hydrogen-bond donors (Lipinski definition) is 1. The monoisotopic (exact) mass is 273 g/mol. The van der Waals surface area contributed by atoms with E-state index in [1.807, 2.05) is 0 Å². The molecule has 0 aliphatic carbocycles. The molecule has 0 radical (unpaired) electrons. The molecule has 1 N–H and O–H groups in total. The van der Waals surface area contributed by atoms with Gasteiger partial charge in [-0.15, -0.1) is 0 Å². The molecule has 3 nitrogen and oxygen atoms in total. The second kappa shape index (κ2) is 4.18. The third kappa shape index (κ3) is 2.11.